The Bertz CT molecular complexity index is 547. The molecule has 0 fully saturated rings. The first-order valence-electron chi connectivity index (χ1n) is 6.63. The summed E-state index contributed by atoms with van der Waals surface area (Å²) in [7, 11) is 0. The number of aliphatic hydroxyl groups excluding tert-OH is 2. The maximum absolute atomic E-state index is 11.4. The van der Waals surface area contributed by atoms with Crippen LogP contribution in [0.3, 0.4) is 0 Å². The van der Waals surface area contributed by atoms with Gasteiger partial charge in [-0.2, -0.15) is 0 Å². The van der Waals surface area contributed by atoms with Crippen LogP contribution in [-0.4, -0.2) is 46.1 Å². The van der Waals surface area contributed by atoms with Crippen LogP contribution >= 0.6 is 0 Å². The number of carbonyl (C=O) groups excluding carboxylic acids is 2. The van der Waals surface area contributed by atoms with Gasteiger partial charge in [0.05, 0.1) is 6.10 Å². The van der Waals surface area contributed by atoms with E-state index in [1.54, 1.807) is 24.3 Å². The molecule has 2 amide bonds. The van der Waals surface area contributed by atoms with Crippen LogP contribution in [0.2, 0.25) is 0 Å². The highest BCUT2D eigenvalue weighted by Gasteiger charge is 2.21. The Balaban J connectivity index is 2.77. The third kappa shape index (κ3) is 5.51. The molecule has 0 aliphatic carbocycles. The fourth-order valence-electron chi connectivity index (χ4n) is 1.85. The Hall–Kier alpha value is -2.45. The van der Waals surface area contributed by atoms with Gasteiger partial charge in [-0.15, -0.1) is 0 Å². The molecule has 1 rings (SSSR count). The van der Waals surface area contributed by atoms with Crippen LogP contribution in [0.1, 0.15) is 25.0 Å². The van der Waals surface area contributed by atoms with Gasteiger partial charge in [0.1, 0.15) is 12.3 Å². The van der Waals surface area contributed by atoms with Gasteiger partial charge in [0, 0.05) is 24.7 Å². The second-order valence-corrected chi connectivity index (χ2v) is 4.60. The Morgan fingerprint density at radius 1 is 1.32 bits per heavy atom. The van der Waals surface area contributed by atoms with E-state index in [0.717, 1.165) is 0 Å². The van der Waals surface area contributed by atoms with Crippen molar-refractivity contribution in [1.29, 1.82) is 0 Å². The van der Waals surface area contributed by atoms with Crippen molar-refractivity contribution < 1.29 is 25.0 Å². The molecule has 0 saturated carbocycles. The quantitative estimate of drug-likeness (QED) is 0.275. The van der Waals surface area contributed by atoms with Crippen molar-refractivity contribution in [3.05, 3.63) is 29.8 Å². The number of aliphatic hydroxyl groups is 2. The molecule has 8 heteroatoms. The van der Waals surface area contributed by atoms with Gasteiger partial charge in [-0.25, -0.2) is 0 Å². The van der Waals surface area contributed by atoms with Crippen LogP contribution < -0.4 is 10.6 Å². The van der Waals surface area contributed by atoms with E-state index in [9.17, 15) is 19.8 Å². The molecule has 0 bridgehead atoms. The van der Waals surface area contributed by atoms with Crippen LogP contribution in [0.5, 0.6) is 0 Å². The van der Waals surface area contributed by atoms with Crippen LogP contribution in [0.4, 0.5) is 5.69 Å². The molecule has 0 aromatic heterocycles. The Kier molecular flexibility index (Phi) is 7.00. The smallest absolute Gasteiger partial charge is 0.270 e. The zero-order valence-corrected chi connectivity index (χ0v) is 12.1. The highest BCUT2D eigenvalue weighted by Crippen LogP contribution is 2.26. The number of benzene rings is 1. The summed E-state index contributed by atoms with van der Waals surface area (Å²) >= 11 is 0. The number of nitrogens with one attached hydrogen (secondary N) is 2. The first-order chi connectivity index (χ1) is 10.5. The number of nitrogens with zero attached hydrogens (tertiary/aromatic N) is 1. The van der Waals surface area contributed by atoms with Gasteiger partial charge in [0.25, 0.3) is 5.91 Å². The topological polar surface area (TPSA) is 131 Å². The summed E-state index contributed by atoms with van der Waals surface area (Å²) < 4.78 is 0. The fraction of sp³-hybridized carbons (Fsp3) is 0.357. The molecule has 2 unspecified atom stereocenters. The summed E-state index contributed by atoms with van der Waals surface area (Å²) in [6.07, 6.45) is -1.52. The van der Waals surface area contributed by atoms with E-state index >= 15 is 0 Å². The van der Waals surface area contributed by atoms with E-state index in [1.807, 2.05) is 0 Å². The monoisotopic (exact) mass is 309 g/mol. The molecule has 8 nitrogen and oxygen atoms in total. The lowest BCUT2D eigenvalue weighted by atomic mass is 10.00. The summed E-state index contributed by atoms with van der Waals surface area (Å²) in [6.45, 7) is 1.58. The maximum atomic E-state index is 11.4. The van der Waals surface area contributed by atoms with Crippen LogP contribution in [0.25, 0.3) is 0 Å². The van der Waals surface area contributed by atoms with E-state index in [0.29, 0.717) is 17.5 Å². The lowest BCUT2D eigenvalue weighted by Gasteiger charge is -2.21. The summed E-state index contributed by atoms with van der Waals surface area (Å²) in [5.74, 6) is -0.896. The third-order valence-corrected chi connectivity index (χ3v) is 2.89. The van der Waals surface area contributed by atoms with Crippen LogP contribution in [0.15, 0.2) is 29.4 Å². The van der Waals surface area contributed by atoms with Gasteiger partial charge < -0.3 is 26.1 Å². The van der Waals surface area contributed by atoms with Crippen LogP contribution in [0, 0.1) is 0 Å². The van der Waals surface area contributed by atoms with Crippen molar-refractivity contribution in [3.8, 4) is 0 Å². The molecule has 1 aromatic carbocycles. The number of amides is 2. The molecule has 0 aliphatic heterocycles. The summed E-state index contributed by atoms with van der Waals surface area (Å²) in [6, 6.07) is 6.39. The molecule has 120 valence electrons. The lowest BCUT2D eigenvalue weighted by Crippen LogP contribution is -2.28. The SMILES string of the molecule is CC(=O)NCCC(O)C(O)c1ccccc1NC(=O)C=NO. The van der Waals surface area contributed by atoms with Crippen molar-refractivity contribution in [3.63, 3.8) is 0 Å². The predicted molar refractivity (Wildman–Crippen MR) is 79.6 cm³/mol. The normalized spacial score (nSPS) is 13.6. The molecule has 0 heterocycles. The molecule has 0 aliphatic rings. The van der Waals surface area contributed by atoms with Gasteiger partial charge in [-0.05, 0) is 12.5 Å². The van der Waals surface area contributed by atoms with Crippen molar-refractivity contribution in [2.24, 2.45) is 5.16 Å². The second-order valence-electron chi connectivity index (χ2n) is 4.60. The minimum atomic E-state index is -1.24. The number of para-hydroxylation sites is 1. The van der Waals surface area contributed by atoms with Gasteiger partial charge in [-0.1, -0.05) is 23.4 Å². The lowest BCUT2D eigenvalue weighted by molar-refractivity contribution is -0.119. The van der Waals surface area contributed by atoms with E-state index < -0.39 is 18.1 Å². The molecular weight excluding hydrogens is 290 g/mol. The van der Waals surface area contributed by atoms with Crippen molar-refractivity contribution in [2.45, 2.75) is 25.6 Å². The van der Waals surface area contributed by atoms with E-state index in [2.05, 4.69) is 15.8 Å². The third-order valence-electron chi connectivity index (χ3n) is 2.89. The zero-order valence-electron chi connectivity index (χ0n) is 12.1. The number of hydrogen-bond acceptors (Lipinski definition) is 6. The molecular formula is C14H19N3O5. The van der Waals surface area contributed by atoms with Gasteiger partial charge in [0.2, 0.25) is 5.91 Å². The van der Waals surface area contributed by atoms with Gasteiger partial charge >= 0.3 is 0 Å². The standard InChI is InChI=1S/C14H19N3O5/c1-9(18)15-7-6-12(19)14(21)10-4-2-3-5-11(10)17-13(20)8-16-22/h2-5,8,12,14,19,21-22H,6-7H2,1H3,(H,15,18)(H,17,20). The number of hydrogen-bond donors (Lipinski definition) is 5. The summed E-state index contributed by atoms with van der Waals surface area (Å²) in [5, 5.41) is 36.0. The summed E-state index contributed by atoms with van der Waals surface area (Å²) in [5.41, 5.74) is 0.607. The van der Waals surface area contributed by atoms with E-state index in [-0.39, 0.29) is 18.9 Å². The number of oxime groups is 1. The fourth-order valence-corrected chi connectivity index (χ4v) is 1.85. The maximum Gasteiger partial charge on any atom is 0.270 e. The minimum Gasteiger partial charge on any atom is -0.411 e. The van der Waals surface area contributed by atoms with Crippen molar-refractivity contribution in [1.82, 2.24) is 5.32 Å². The van der Waals surface area contributed by atoms with Gasteiger partial charge in [-0.3, -0.25) is 9.59 Å². The minimum absolute atomic E-state index is 0.154. The highest BCUT2D eigenvalue weighted by atomic mass is 16.4. The largest absolute Gasteiger partial charge is 0.411 e. The second kappa shape index (κ2) is 8.75. The molecule has 1 aromatic rings. The first-order valence-corrected chi connectivity index (χ1v) is 6.63. The number of rotatable bonds is 7. The van der Waals surface area contributed by atoms with Crippen molar-refractivity contribution >= 4 is 23.7 Å². The number of anilines is 1. The molecule has 2 atom stereocenters. The van der Waals surface area contributed by atoms with Crippen LogP contribution in [-0.2, 0) is 9.59 Å². The molecule has 0 saturated heterocycles. The molecule has 22 heavy (non-hydrogen) atoms. The zero-order chi connectivity index (χ0) is 16.5. The Morgan fingerprint density at radius 2 is 2.00 bits per heavy atom. The van der Waals surface area contributed by atoms with Crippen molar-refractivity contribution in [2.75, 3.05) is 11.9 Å². The molecule has 5 N–H and O–H groups in total. The number of carbonyl (C=O) groups is 2. The average molecular weight is 309 g/mol. The Labute approximate surface area is 127 Å². The van der Waals surface area contributed by atoms with E-state index in [4.69, 9.17) is 5.21 Å². The average Bonchev–Trinajstić information content (AvgIpc) is 2.46. The molecule has 0 radical (unpaired) electrons. The first kappa shape index (κ1) is 17.6. The predicted octanol–water partition coefficient (Wildman–Crippen LogP) is 0.00560. The Morgan fingerprint density at radius 3 is 2.64 bits per heavy atom. The highest BCUT2D eigenvalue weighted by molar-refractivity contribution is 6.31. The van der Waals surface area contributed by atoms with Gasteiger partial charge in [0.15, 0.2) is 0 Å². The summed E-state index contributed by atoms with van der Waals surface area (Å²) in [4.78, 5) is 22.2. The molecule has 0 spiro atoms. The van der Waals surface area contributed by atoms with E-state index in [1.165, 1.54) is 6.92 Å².